The van der Waals surface area contributed by atoms with E-state index in [-0.39, 0.29) is 5.91 Å². The highest BCUT2D eigenvalue weighted by atomic mass is 32.2. The molecule has 1 amide bonds. The van der Waals surface area contributed by atoms with Crippen LogP contribution in [0, 0.1) is 6.92 Å². The zero-order valence-corrected chi connectivity index (χ0v) is 18.9. The van der Waals surface area contributed by atoms with E-state index in [1.165, 1.54) is 27.0 Å². The Balaban J connectivity index is 1.44. The van der Waals surface area contributed by atoms with Crippen molar-refractivity contribution in [3.05, 3.63) is 51.8 Å². The lowest BCUT2D eigenvalue weighted by Crippen LogP contribution is -2.28. The minimum absolute atomic E-state index is 0.0329. The Kier molecular flexibility index (Phi) is 4.91. The molecule has 30 heavy (non-hydrogen) atoms. The summed E-state index contributed by atoms with van der Waals surface area (Å²) in [6.45, 7) is 3.89. The fourth-order valence-electron chi connectivity index (χ4n) is 4.01. The van der Waals surface area contributed by atoms with E-state index >= 15 is 0 Å². The first kappa shape index (κ1) is 19.7. The van der Waals surface area contributed by atoms with Crippen molar-refractivity contribution >= 4 is 44.3 Å². The van der Waals surface area contributed by atoms with E-state index in [0.717, 1.165) is 49.2 Å². The van der Waals surface area contributed by atoms with Crippen LogP contribution in [0.3, 0.4) is 0 Å². The van der Waals surface area contributed by atoms with Crippen molar-refractivity contribution in [1.82, 2.24) is 9.88 Å². The lowest BCUT2D eigenvalue weighted by Gasteiger charge is -2.18. The molecule has 1 aromatic carbocycles. The third-order valence-electron chi connectivity index (χ3n) is 5.60. The van der Waals surface area contributed by atoms with Crippen molar-refractivity contribution in [1.29, 1.82) is 0 Å². The quantitative estimate of drug-likeness (QED) is 0.587. The first-order valence-electron chi connectivity index (χ1n) is 9.91. The molecule has 156 valence electrons. The van der Waals surface area contributed by atoms with Crippen molar-refractivity contribution < 1.29 is 13.2 Å². The molecule has 3 aromatic rings. The molecular weight excluding hydrogens is 438 g/mol. The minimum Gasteiger partial charge on any atom is -0.338 e. The zero-order chi connectivity index (χ0) is 20.9. The zero-order valence-electron chi connectivity index (χ0n) is 16.5. The van der Waals surface area contributed by atoms with Gasteiger partial charge in [-0.2, -0.15) is 0 Å². The van der Waals surface area contributed by atoms with Gasteiger partial charge in [-0.3, -0.25) is 9.10 Å². The number of hydrogen-bond donors (Lipinski definition) is 0. The number of thiazole rings is 1. The van der Waals surface area contributed by atoms with Gasteiger partial charge in [-0.25, -0.2) is 13.4 Å². The van der Waals surface area contributed by atoms with Gasteiger partial charge in [0.15, 0.2) is 0 Å². The van der Waals surface area contributed by atoms with Gasteiger partial charge in [0.05, 0.1) is 11.4 Å². The fourth-order valence-corrected chi connectivity index (χ4v) is 7.89. The van der Waals surface area contributed by atoms with E-state index in [9.17, 15) is 13.2 Å². The summed E-state index contributed by atoms with van der Waals surface area (Å²) in [5, 5.41) is 2.51. The molecule has 4 heterocycles. The number of benzene rings is 1. The number of nitrogens with zero attached hydrogens (tertiary/aromatic N) is 3. The molecule has 0 aliphatic carbocycles. The number of carbonyl (C=O) groups is 1. The van der Waals surface area contributed by atoms with E-state index in [1.807, 2.05) is 41.5 Å². The fraction of sp³-hybridized carbons (Fsp3) is 0.333. The van der Waals surface area contributed by atoms with Crippen molar-refractivity contribution in [3.8, 4) is 10.6 Å². The third kappa shape index (κ3) is 3.25. The number of aryl methyl sites for hydroxylation is 1. The highest BCUT2D eigenvalue weighted by molar-refractivity contribution is 7.94. The molecule has 1 fully saturated rings. The topological polar surface area (TPSA) is 70.6 Å². The number of anilines is 1. The van der Waals surface area contributed by atoms with Crippen LogP contribution in [-0.4, -0.2) is 43.8 Å². The van der Waals surface area contributed by atoms with Crippen LogP contribution in [0.2, 0.25) is 0 Å². The summed E-state index contributed by atoms with van der Waals surface area (Å²) in [6, 6.07) is 9.31. The van der Waals surface area contributed by atoms with E-state index in [4.69, 9.17) is 0 Å². The summed E-state index contributed by atoms with van der Waals surface area (Å²) in [5.41, 5.74) is 3.27. The number of likely N-dealkylation sites (tertiary alicyclic amines) is 1. The van der Waals surface area contributed by atoms with E-state index in [2.05, 4.69) is 4.98 Å². The van der Waals surface area contributed by atoms with Crippen molar-refractivity contribution in [2.45, 2.75) is 30.4 Å². The number of carbonyl (C=O) groups excluding carboxylic acids is 1. The first-order chi connectivity index (χ1) is 14.4. The molecule has 0 radical (unpaired) electrons. The molecule has 9 heteroatoms. The molecule has 5 rings (SSSR count). The summed E-state index contributed by atoms with van der Waals surface area (Å²) in [7, 11) is -3.62. The number of rotatable bonds is 4. The molecule has 2 aliphatic rings. The van der Waals surface area contributed by atoms with Crippen molar-refractivity contribution in [2.75, 3.05) is 23.9 Å². The molecule has 6 nitrogen and oxygen atoms in total. The number of hydrogen-bond acceptors (Lipinski definition) is 6. The standard InChI is InChI=1S/C21H21N3O3S3/c1-14-19(21(25)23-9-4-5-10-23)29-20(22-14)16-12-18(28-13-16)30(26,27)24-11-8-15-6-2-3-7-17(15)24/h2-3,6-7,12-13H,4-5,8-11H2,1H3. The van der Waals surface area contributed by atoms with E-state index in [0.29, 0.717) is 26.3 Å². The Bertz CT molecular complexity index is 1220. The summed E-state index contributed by atoms with van der Waals surface area (Å²) in [4.78, 5) is 19.9. The van der Waals surface area contributed by atoms with Crippen molar-refractivity contribution in [3.63, 3.8) is 0 Å². The lowest BCUT2D eigenvalue weighted by molar-refractivity contribution is 0.0796. The van der Waals surface area contributed by atoms with Crippen LogP contribution in [0.5, 0.6) is 0 Å². The molecule has 0 unspecified atom stereocenters. The third-order valence-corrected chi connectivity index (χ3v) is 10.0. The number of fused-ring (bicyclic) bond motifs is 1. The highest BCUT2D eigenvalue weighted by Gasteiger charge is 2.32. The van der Waals surface area contributed by atoms with Crippen LogP contribution in [0.1, 0.15) is 33.8 Å². The predicted molar refractivity (Wildman–Crippen MR) is 120 cm³/mol. The largest absolute Gasteiger partial charge is 0.338 e. The summed E-state index contributed by atoms with van der Waals surface area (Å²) < 4.78 is 28.3. The van der Waals surface area contributed by atoms with Crippen LogP contribution >= 0.6 is 22.7 Å². The van der Waals surface area contributed by atoms with Crippen molar-refractivity contribution in [2.24, 2.45) is 0 Å². The molecule has 0 atom stereocenters. The monoisotopic (exact) mass is 459 g/mol. The molecule has 0 N–H and O–H groups in total. The normalized spacial score (nSPS) is 16.3. The summed E-state index contributed by atoms with van der Waals surface area (Å²) in [5.74, 6) is 0.0329. The molecule has 0 spiro atoms. The highest BCUT2D eigenvalue weighted by Crippen LogP contribution is 2.38. The second-order valence-corrected chi connectivity index (χ2v) is 11.5. The Hall–Kier alpha value is -2.23. The number of thiophene rings is 1. The molecule has 2 aliphatic heterocycles. The molecular formula is C21H21N3O3S3. The number of amides is 1. The van der Waals surface area contributed by atoms with Gasteiger partial charge in [-0.05, 0) is 43.9 Å². The van der Waals surface area contributed by atoms with Crippen LogP contribution < -0.4 is 4.31 Å². The second kappa shape index (κ2) is 7.47. The maximum atomic E-state index is 13.3. The van der Waals surface area contributed by atoms with Gasteiger partial charge in [0, 0.05) is 30.6 Å². The predicted octanol–water partition coefficient (Wildman–Crippen LogP) is 4.17. The van der Waals surface area contributed by atoms with Gasteiger partial charge < -0.3 is 4.90 Å². The molecule has 1 saturated heterocycles. The van der Waals surface area contributed by atoms with E-state index < -0.39 is 10.0 Å². The van der Waals surface area contributed by atoms with Gasteiger partial charge in [0.25, 0.3) is 15.9 Å². The SMILES string of the molecule is Cc1nc(-c2csc(S(=O)(=O)N3CCc4ccccc43)c2)sc1C(=O)N1CCCC1. The summed E-state index contributed by atoms with van der Waals surface area (Å²) in [6.07, 6.45) is 2.81. The number of aromatic nitrogens is 1. The van der Waals surface area contributed by atoms with Crippen LogP contribution in [0.4, 0.5) is 5.69 Å². The average Bonchev–Trinajstić information content (AvgIpc) is 3.53. The average molecular weight is 460 g/mol. The Morgan fingerprint density at radius 1 is 1.13 bits per heavy atom. The van der Waals surface area contributed by atoms with Gasteiger partial charge in [0.2, 0.25) is 0 Å². The van der Waals surface area contributed by atoms with Crippen LogP contribution in [-0.2, 0) is 16.4 Å². The Labute approximate surface area is 183 Å². The molecule has 2 aromatic heterocycles. The van der Waals surface area contributed by atoms with Crippen LogP contribution in [0.15, 0.2) is 39.9 Å². The molecule has 0 bridgehead atoms. The van der Waals surface area contributed by atoms with Gasteiger partial charge >= 0.3 is 0 Å². The second-order valence-electron chi connectivity index (χ2n) is 7.54. The first-order valence-corrected chi connectivity index (χ1v) is 13.0. The maximum Gasteiger partial charge on any atom is 0.273 e. The Morgan fingerprint density at radius 2 is 1.90 bits per heavy atom. The summed E-state index contributed by atoms with van der Waals surface area (Å²) >= 11 is 2.55. The van der Waals surface area contributed by atoms with Crippen LogP contribution in [0.25, 0.3) is 10.6 Å². The van der Waals surface area contributed by atoms with E-state index in [1.54, 1.807) is 6.07 Å². The molecule has 0 saturated carbocycles. The minimum atomic E-state index is -3.62. The van der Waals surface area contributed by atoms with Gasteiger partial charge in [0.1, 0.15) is 14.1 Å². The van der Waals surface area contributed by atoms with Gasteiger partial charge in [-0.1, -0.05) is 18.2 Å². The lowest BCUT2D eigenvalue weighted by atomic mass is 10.2. The van der Waals surface area contributed by atoms with Gasteiger partial charge in [-0.15, -0.1) is 22.7 Å². The maximum absolute atomic E-state index is 13.3. The number of para-hydroxylation sites is 1. The smallest absolute Gasteiger partial charge is 0.273 e. The number of sulfonamides is 1. The Morgan fingerprint density at radius 3 is 2.70 bits per heavy atom.